The third-order valence-electron chi connectivity index (χ3n) is 3.31. The van der Waals surface area contributed by atoms with Crippen molar-refractivity contribution >= 4 is 11.6 Å². The summed E-state index contributed by atoms with van der Waals surface area (Å²) >= 11 is 0. The molecule has 0 spiro atoms. The fourth-order valence-corrected chi connectivity index (χ4v) is 2.32. The minimum Gasteiger partial charge on any atom is -0.384 e. The van der Waals surface area contributed by atoms with Gasteiger partial charge in [0.15, 0.2) is 0 Å². The van der Waals surface area contributed by atoms with Gasteiger partial charge in [-0.15, -0.1) is 0 Å². The van der Waals surface area contributed by atoms with Crippen molar-refractivity contribution in [2.24, 2.45) is 0 Å². The number of amides is 1. The Hall–Kier alpha value is -1.51. The van der Waals surface area contributed by atoms with E-state index in [4.69, 9.17) is 0 Å². The van der Waals surface area contributed by atoms with Gasteiger partial charge in [0.05, 0.1) is 5.56 Å². The summed E-state index contributed by atoms with van der Waals surface area (Å²) in [7, 11) is 0. The van der Waals surface area contributed by atoms with E-state index in [0.29, 0.717) is 0 Å². The second kappa shape index (κ2) is 7.32. The van der Waals surface area contributed by atoms with E-state index in [0.717, 1.165) is 42.6 Å². The van der Waals surface area contributed by atoms with E-state index in [1.54, 1.807) is 0 Å². The van der Waals surface area contributed by atoms with Crippen LogP contribution in [0.4, 0.5) is 5.69 Å². The molecule has 3 heteroatoms. The maximum atomic E-state index is 12.5. The highest BCUT2D eigenvalue weighted by Gasteiger charge is 2.21. The predicted molar refractivity (Wildman–Crippen MR) is 86.4 cm³/mol. The van der Waals surface area contributed by atoms with E-state index >= 15 is 0 Å². The Kier molecular flexibility index (Phi) is 6.05. The Morgan fingerprint density at radius 3 is 2.50 bits per heavy atom. The molecule has 0 saturated carbocycles. The molecule has 0 aromatic heterocycles. The summed E-state index contributed by atoms with van der Waals surface area (Å²) in [4.78, 5) is 12.5. The van der Waals surface area contributed by atoms with Crippen LogP contribution in [-0.2, 0) is 0 Å². The number of aryl methyl sites for hydroxylation is 1. The lowest BCUT2D eigenvalue weighted by atomic mass is 9.98. The number of hydrogen-bond donors (Lipinski definition) is 2. The SMILES string of the molecule is CCCNc1cc(C)ccc1C(=O)NC(C)(C)CCC. The van der Waals surface area contributed by atoms with E-state index < -0.39 is 0 Å². The van der Waals surface area contributed by atoms with Crippen LogP contribution in [0.3, 0.4) is 0 Å². The lowest BCUT2D eigenvalue weighted by Crippen LogP contribution is -2.43. The van der Waals surface area contributed by atoms with Gasteiger partial charge in [-0.25, -0.2) is 0 Å². The Morgan fingerprint density at radius 1 is 1.20 bits per heavy atom. The van der Waals surface area contributed by atoms with E-state index in [9.17, 15) is 4.79 Å². The van der Waals surface area contributed by atoms with E-state index in [-0.39, 0.29) is 11.4 Å². The molecular formula is C17H28N2O. The number of carbonyl (C=O) groups excluding carboxylic acids is 1. The fraction of sp³-hybridized carbons (Fsp3) is 0.588. The lowest BCUT2D eigenvalue weighted by Gasteiger charge is -2.26. The van der Waals surface area contributed by atoms with Crippen LogP contribution in [0, 0.1) is 6.92 Å². The van der Waals surface area contributed by atoms with Gasteiger partial charge in [-0.2, -0.15) is 0 Å². The van der Waals surface area contributed by atoms with Crippen molar-refractivity contribution < 1.29 is 4.79 Å². The molecule has 1 amide bonds. The van der Waals surface area contributed by atoms with Crippen LogP contribution in [-0.4, -0.2) is 18.0 Å². The molecule has 0 heterocycles. The molecular weight excluding hydrogens is 248 g/mol. The molecule has 0 aliphatic carbocycles. The molecule has 0 radical (unpaired) electrons. The van der Waals surface area contributed by atoms with Gasteiger partial charge >= 0.3 is 0 Å². The van der Waals surface area contributed by atoms with Gasteiger partial charge in [0.1, 0.15) is 0 Å². The Bertz CT molecular complexity index is 452. The number of hydrogen-bond acceptors (Lipinski definition) is 2. The van der Waals surface area contributed by atoms with Gasteiger partial charge in [-0.05, 0) is 51.3 Å². The molecule has 0 aliphatic heterocycles. The van der Waals surface area contributed by atoms with Crippen molar-refractivity contribution in [3.63, 3.8) is 0 Å². The Labute approximate surface area is 123 Å². The molecule has 20 heavy (non-hydrogen) atoms. The number of anilines is 1. The van der Waals surface area contributed by atoms with Crippen molar-refractivity contribution in [1.29, 1.82) is 0 Å². The number of carbonyl (C=O) groups is 1. The monoisotopic (exact) mass is 276 g/mol. The minimum absolute atomic E-state index is 0.00190. The summed E-state index contributed by atoms with van der Waals surface area (Å²) in [6, 6.07) is 5.93. The van der Waals surface area contributed by atoms with E-state index in [1.807, 2.05) is 25.1 Å². The van der Waals surface area contributed by atoms with Crippen LogP contribution in [0.25, 0.3) is 0 Å². The van der Waals surface area contributed by atoms with Crippen molar-refractivity contribution in [3.05, 3.63) is 29.3 Å². The van der Waals surface area contributed by atoms with Gasteiger partial charge in [0.2, 0.25) is 0 Å². The molecule has 1 aromatic carbocycles. The molecule has 0 atom stereocenters. The van der Waals surface area contributed by atoms with Crippen LogP contribution < -0.4 is 10.6 Å². The fourth-order valence-electron chi connectivity index (χ4n) is 2.32. The quantitative estimate of drug-likeness (QED) is 0.786. The third kappa shape index (κ3) is 4.87. The standard InChI is InChI=1S/C17H28N2O/c1-6-10-17(4,5)19-16(20)14-9-8-13(3)12-15(14)18-11-7-2/h8-9,12,18H,6-7,10-11H2,1-5H3,(H,19,20). The van der Waals surface area contributed by atoms with Crippen molar-refractivity contribution in [3.8, 4) is 0 Å². The van der Waals surface area contributed by atoms with Crippen molar-refractivity contribution in [2.45, 2.75) is 59.4 Å². The molecule has 1 aromatic rings. The highest BCUT2D eigenvalue weighted by molar-refractivity contribution is 6.00. The van der Waals surface area contributed by atoms with Crippen molar-refractivity contribution in [1.82, 2.24) is 5.32 Å². The highest BCUT2D eigenvalue weighted by Crippen LogP contribution is 2.20. The predicted octanol–water partition coefficient (Wildman–Crippen LogP) is 4.13. The van der Waals surface area contributed by atoms with Gasteiger partial charge < -0.3 is 10.6 Å². The molecule has 0 fully saturated rings. The first-order chi connectivity index (χ1) is 9.39. The highest BCUT2D eigenvalue weighted by atomic mass is 16.1. The van der Waals surface area contributed by atoms with Gasteiger partial charge in [0.25, 0.3) is 5.91 Å². The second-order valence-electron chi connectivity index (χ2n) is 6.06. The summed E-state index contributed by atoms with van der Waals surface area (Å²) in [6.07, 6.45) is 3.07. The lowest BCUT2D eigenvalue weighted by molar-refractivity contribution is 0.0910. The van der Waals surface area contributed by atoms with Crippen LogP contribution in [0.5, 0.6) is 0 Å². The van der Waals surface area contributed by atoms with Gasteiger partial charge in [-0.3, -0.25) is 4.79 Å². The molecule has 0 unspecified atom stereocenters. The average molecular weight is 276 g/mol. The van der Waals surface area contributed by atoms with E-state index in [2.05, 4.69) is 38.3 Å². The van der Waals surface area contributed by atoms with E-state index in [1.165, 1.54) is 0 Å². The summed E-state index contributed by atoms with van der Waals surface area (Å²) in [5.41, 5.74) is 2.65. The Balaban J connectivity index is 2.91. The molecule has 0 bridgehead atoms. The minimum atomic E-state index is -0.168. The second-order valence-corrected chi connectivity index (χ2v) is 6.06. The zero-order valence-corrected chi connectivity index (χ0v) is 13.5. The zero-order chi connectivity index (χ0) is 15.2. The molecule has 0 saturated heterocycles. The third-order valence-corrected chi connectivity index (χ3v) is 3.31. The molecule has 3 nitrogen and oxygen atoms in total. The first-order valence-electron chi connectivity index (χ1n) is 7.56. The first-order valence-corrected chi connectivity index (χ1v) is 7.56. The summed E-state index contributed by atoms with van der Waals surface area (Å²) in [6.45, 7) is 11.3. The van der Waals surface area contributed by atoms with Gasteiger partial charge in [-0.1, -0.05) is 26.3 Å². The Morgan fingerprint density at radius 2 is 1.90 bits per heavy atom. The van der Waals surface area contributed by atoms with Crippen molar-refractivity contribution in [2.75, 3.05) is 11.9 Å². The van der Waals surface area contributed by atoms with Crippen LogP contribution in [0.15, 0.2) is 18.2 Å². The number of nitrogens with one attached hydrogen (secondary N) is 2. The molecule has 2 N–H and O–H groups in total. The largest absolute Gasteiger partial charge is 0.384 e. The normalized spacial score (nSPS) is 11.2. The molecule has 112 valence electrons. The summed E-state index contributed by atoms with van der Waals surface area (Å²) in [5, 5.41) is 6.47. The van der Waals surface area contributed by atoms with Crippen LogP contribution in [0.2, 0.25) is 0 Å². The summed E-state index contributed by atoms with van der Waals surface area (Å²) in [5.74, 6) is 0.00190. The summed E-state index contributed by atoms with van der Waals surface area (Å²) < 4.78 is 0. The average Bonchev–Trinajstić information content (AvgIpc) is 2.35. The zero-order valence-electron chi connectivity index (χ0n) is 13.5. The van der Waals surface area contributed by atoms with Crippen LogP contribution in [0.1, 0.15) is 62.9 Å². The van der Waals surface area contributed by atoms with Gasteiger partial charge in [0, 0.05) is 17.8 Å². The molecule has 0 aliphatic rings. The smallest absolute Gasteiger partial charge is 0.253 e. The first kappa shape index (κ1) is 16.5. The maximum Gasteiger partial charge on any atom is 0.253 e. The topological polar surface area (TPSA) is 41.1 Å². The maximum absolute atomic E-state index is 12.5. The molecule has 1 rings (SSSR count). The number of benzene rings is 1. The van der Waals surface area contributed by atoms with Crippen LogP contribution >= 0.6 is 0 Å². The number of rotatable bonds is 7.